The van der Waals surface area contributed by atoms with Gasteiger partial charge in [-0.05, 0) is 18.9 Å². The molecule has 1 atom stereocenters. The fraction of sp³-hybridized carbons (Fsp3) is 0.273. The Hall–Kier alpha value is -1.42. The molecule has 0 bridgehead atoms. The Kier molecular flexibility index (Phi) is 3.80. The normalized spacial score (nSPS) is 12.5. The maximum Gasteiger partial charge on any atom is 0.200 e. The van der Waals surface area contributed by atoms with Crippen LogP contribution in [0.5, 0.6) is 5.75 Å². The molecular weight excluding hydrogens is 200 g/mol. The number of allylic oxidation sites excluding steroid dienone is 1. The van der Waals surface area contributed by atoms with Gasteiger partial charge < -0.3 is 10.8 Å². The molecular formula is C11H13F2NO. The van der Waals surface area contributed by atoms with Gasteiger partial charge in [-0.3, -0.25) is 0 Å². The van der Waals surface area contributed by atoms with Gasteiger partial charge in [-0.2, -0.15) is 4.39 Å². The summed E-state index contributed by atoms with van der Waals surface area (Å²) in [5.41, 5.74) is 5.92. The number of hydrogen-bond donors (Lipinski definition) is 2. The first-order valence-electron chi connectivity index (χ1n) is 4.61. The van der Waals surface area contributed by atoms with Crippen molar-refractivity contribution in [2.24, 2.45) is 5.73 Å². The molecule has 0 aromatic heterocycles. The van der Waals surface area contributed by atoms with Crippen molar-refractivity contribution in [1.29, 1.82) is 0 Å². The summed E-state index contributed by atoms with van der Waals surface area (Å²) in [6.45, 7) is 3.53. The molecule has 1 aromatic carbocycles. The third-order valence-corrected chi connectivity index (χ3v) is 2.18. The number of phenolic OH excluding ortho intramolecular Hbond substituents is 1. The van der Waals surface area contributed by atoms with E-state index in [1.54, 1.807) is 6.08 Å². The number of hydrogen-bond acceptors (Lipinski definition) is 2. The minimum Gasteiger partial charge on any atom is -0.505 e. The minimum atomic E-state index is -1.25. The smallest absolute Gasteiger partial charge is 0.200 e. The molecule has 1 rings (SSSR count). The zero-order chi connectivity index (χ0) is 11.4. The summed E-state index contributed by atoms with van der Waals surface area (Å²) in [6.07, 6.45) is 2.86. The van der Waals surface area contributed by atoms with Crippen LogP contribution in [0.25, 0.3) is 0 Å². The second-order valence-corrected chi connectivity index (χ2v) is 3.27. The molecule has 2 nitrogen and oxygen atoms in total. The van der Waals surface area contributed by atoms with Crippen molar-refractivity contribution in [3.05, 3.63) is 42.0 Å². The van der Waals surface area contributed by atoms with Crippen LogP contribution in [0, 0.1) is 11.6 Å². The molecule has 82 valence electrons. The topological polar surface area (TPSA) is 46.2 Å². The summed E-state index contributed by atoms with van der Waals surface area (Å²) in [5.74, 6) is -3.03. The second kappa shape index (κ2) is 4.89. The number of phenols is 1. The van der Waals surface area contributed by atoms with E-state index in [0.717, 1.165) is 6.07 Å². The number of aromatic hydroxyl groups is 1. The van der Waals surface area contributed by atoms with Gasteiger partial charge in [0.1, 0.15) is 0 Å². The Morgan fingerprint density at radius 3 is 2.73 bits per heavy atom. The van der Waals surface area contributed by atoms with E-state index in [2.05, 4.69) is 6.58 Å². The lowest BCUT2D eigenvalue weighted by Crippen LogP contribution is -2.10. The first-order valence-corrected chi connectivity index (χ1v) is 4.61. The van der Waals surface area contributed by atoms with Crippen molar-refractivity contribution in [1.82, 2.24) is 0 Å². The van der Waals surface area contributed by atoms with E-state index >= 15 is 0 Å². The van der Waals surface area contributed by atoms with Crippen molar-refractivity contribution in [2.45, 2.75) is 18.9 Å². The van der Waals surface area contributed by atoms with E-state index in [0.29, 0.717) is 12.8 Å². The average Bonchev–Trinajstić information content (AvgIpc) is 2.23. The summed E-state index contributed by atoms with van der Waals surface area (Å²) >= 11 is 0. The molecule has 0 radical (unpaired) electrons. The van der Waals surface area contributed by atoms with Crippen LogP contribution in [-0.2, 0) is 0 Å². The first kappa shape index (κ1) is 11.7. The van der Waals surface area contributed by atoms with Crippen LogP contribution in [0.1, 0.15) is 24.4 Å². The van der Waals surface area contributed by atoms with Gasteiger partial charge >= 0.3 is 0 Å². The quantitative estimate of drug-likeness (QED) is 0.755. The molecule has 0 heterocycles. The standard InChI is InChI=1S/C11H13F2NO/c1-2-3-4-9(14)7-5-6-8(12)10(13)11(7)15/h2,5-6,9,15H,1,3-4,14H2/t9-/m0/s1. The molecule has 4 heteroatoms. The molecule has 1 aromatic rings. The highest BCUT2D eigenvalue weighted by atomic mass is 19.2. The van der Waals surface area contributed by atoms with Crippen LogP contribution in [0.15, 0.2) is 24.8 Å². The Morgan fingerprint density at radius 1 is 1.47 bits per heavy atom. The lowest BCUT2D eigenvalue weighted by atomic mass is 10.0. The average molecular weight is 213 g/mol. The lowest BCUT2D eigenvalue weighted by Gasteiger charge is -2.13. The van der Waals surface area contributed by atoms with Crippen LogP contribution in [0.4, 0.5) is 8.78 Å². The van der Waals surface area contributed by atoms with Gasteiger partial charge in [0.25, 0.3) is 0 Å². The van der Waals surface area contributed by atoms with Crippen LogP contribution in [0.3, 0.4) is 0 Å². The highest BCUT2D eigenvalue weighted by Gasteiger charge is 2.16. The summed E-state index contributed by atoms with van der Waals surface area (Å²) in [7, 11) is 0. The molecule has 0 saturated heterocycles. The predicted molar refractivity (Wildman–Crippen MR) is 54.4 cm³/mol. The van der Waals surface area contributed by atoms with Crippen molar-refractivity contribution >= 4 is 0 Å². The molecule has 0 spiro atoms. The second-order valence-electron chi connectivity index (χ2n) is 3.27. The van der Waals surface area contributed by atoms with Crippen molar-refractivity contribution in [2.75, 3.05) is 0 Å². The Labute approximate surface area is 87.0 Å². The first-order chi connectivity index (χ1) is 7.07. The molecule has 0 aliphatic carbocycles. The van der Waals surface area contributed by atoms with Crippen molar-refractivity contribution in [3.63, 3.8) is 0 Å². The highest BCUT2D eigenvalue weighted by Crippen LogP contribution is 2.29. The molecule has 0 aliphatic heterocycles. The molecule has 15 heavy (non-hydrogen) atoms. The van der Waals surface area contributed by atoms with Gasteiger partial charge in [-0.15, -0.1) is 6.58 Å². The van der Waals surface area contributed by atoms with Crippen LogP contribution in [0.2, 0.25) is 0 Å². The highest BCUT2D eigenvalue weighted by molar-refractivity contribution is 5.36. The number of benzene rings is 1. The van der Waals surface area contributed by atoms with Crippen molar-refractivity contribution in [3.8, 4) is 5.75 Å². The maximum absolute atomic E-state index is 13.0. The van der Waals surface area contributed by atoms with E-state index in [4.69, 9.17) is 5.73 Å². The van der Waals surface area contributed by atoms with E-state index in [9.17, 15) is 13.9 Å². The summed E-state index contributed by atoms with van der Waals surface area (Å²) in [6, 6.07) is 1.73. The molecule has 0 aliphatic rings. The summed E-state index contributed by atoms with van der Waals surface area (Å²) in [4.78, 5) is 0. The molecule has 0 unspecified atom stereocenters. The Morgan fingerprint density at radius 2 is 2.13 bits per heavy atom. The largest absolute Gasteiger partial charge is 0.505 e. The molecule has 0 fully saturated rings. The van der Waals surface area contributed by atoms with E-state index in [1.807, 2.05) is 0 Å². The van der Waals surface area contributed by atoms with Crippen molar-refractivity contribution < 1.29 is 13.9 Å². The van der Waals surface area contributed by atoms with Gasteiger partial charge in [-0.25, -0.2) is 4.39 Å². The van der Waals surface area contributed by atoms with Gasteiger partial charge in [0, 0.05) is 11.6 Å². The molecule has 0 amide bonds. The zero-order valence-electron chi connectivity index (χ0n) is 8.21. The number of halogens is 2. The SMILES string of the molecule is C=CCC[C@H](N)c1ccc(F)c(F)c1O. The van der Waals surface area contributed by atoms with Gasteiger partial charge in [-0.1, -0.05) is 12.1 Å². The fourth-order valence-corrected chi connectivity index (χ4v) is 1.31. The van der Waals surface area contributed by atoms with Crippen LogP contribution < -0.4 is 5.73 Å². The predicted octanol–water partition coefficient (Wildman–Crippen LogP) is 2.64. The Bertz CT molecular complexity index is 366. The fourth-order valence-electron chi connectivity index (χ4n) is 1.31. The minimum absolute atomic E-state index is 0.218. The van der Waals surface area contributed by atoms with E-state index in [-0.39, 0.29) is 5.56 Å². The summed E-state index contributed by atoms with van der Waals surface area (Å²) < 4.78 is 25.7. The summed E-state index contributed by atoms with van der Waals surface area (Å²) in [5, 5.41) is 9.33. The number of rotatable bonds is 4. The molecule has 3 N–H and O–H groups in total. The lowest BCUT2D eigenvalue weighted by molar-refractivity contribution is 0.396. The van der Waals surface area contributed by atoms with Crippen LogP contribution in [-0.4, -0.2) is 5.11 Å². The van der Waals surface area contributed by atoms with Gasteiger partial charge in [0.2, 0.25) is 5.82 Å². The third kappa shape index (κ3) is 2.53. The third-order valence-electron chi connectivity index (χ3n) is 2.18. The number of nitrogens with two attached hydrogens (primary N) is 1. The van der Waals surface area contributed by atoms with E-state index in [1.165, 1.54) is 6.07 Å². The van der Waals surface area contributed by atoms with Crippen LogP contribution >= 0.6 is 0 Å². The zero-order valence-corrected chi connectivity index (χ0v) is 8.21. The monoisotopic (exact) mass is 213 g/mol. The molecule has 0 saturated carbocycles. The maximum atomic E-state index is 13.0. The van der Waals surface area contributed by atoms with E-state index < -0.39 is 23.4 Å². The Balaban J connectivity index is 2.94. The van der Waals surface area contributed by atoms with Gasteiger partial charge in [0.05, 0.1) is 0 Å². The van der Waals surface area contributed by atoms with Gasteiger partial charge in [0.15, 0.2) is 11.6 Å².